The first-order chi connectivity index (χ1) is 15.1. The molecule has 5 heterocycles. The van der Waals surface area contributed by atoms with Crippen molar-refractivity contribution in [1.29, 1.82) is 0 Å². The number of amides is 1. The summed E-state index contributed by atoms with van der Waals surface area (Å²) in [5, 5.41) is 18.0. The number of aromatic nitrogens is 7. The fourth-order valence-electron chi connectivity index (χ4n) is 3.94. The number of nitrogens with zero attached hydrogens (tertiary/aromatic N) is 9. The molecular formula is C18H22N10O3. The summed E-state index contributed by atoms with van der Waals surface area (Å²) in [4.78, 5) is 32.4. The first-order valence-corrected chi connectivity index (χ1v) is 10.1. The Labute approximate surface area is 176 Å². The van der Waals surface area contributed by atoms with Gasteiger partial charge in [-0.15, -0.1) is 5.10 Å². The number of carboxylic acid groups (broad SMARTS) is 1. The molecule has 3 aromatic rings. The summed E-state index contributed by atoms with van der Waals surface area (Å²) >= 11 is 0. The zero-order valence-electron chi connectivity index (χ0n) is 16.8. The number of nitrogen functional groups attached to an aromatic ring is 1. The minimum atomic E-state index is -0.899. The molecule has 0 unspecified atom stereocenters. The van der Waals surface area contributed by atoms with Gasteiger partial charge in [0.15, 0.2) is 22.8 Å². The van der Waals surface area contributed by atoms with E-state index in [1.165, 1.54) is 4.90 Å². The smallest absolute Gasteiger partial charge is 0.407 e. The predicted octanol–water partition coefficient (Wildman–Crippen LogP) is 0.412. The van der Waals surface area contributed by atoms with Gasteiger partial charge >= 0.3 is 6.09 Å². The maximum Gasteiger partial charge on any atom is 0.407 e. The Balaban J connectivity index is 1.57. The second-order valence-corrected chi connectivity index (χ2v) is 7.51. The van der Waals surface area contributed by atoms with Gasteiger partial charge in [0.05, 0.1) is 24.8 Å². The summed E-state index contributed by atoms with van der Waals surface area (Å²) in [5.41, 5.74) is 7.48. The van der Waals surface area contributed by atoms with Crippen LogP contribution in [0.1, 0.15) is 18.9 Å². The molecule has 0 saturated carbocycles. The van der Waals surface area contributed by atoms with Crippen molar-refractivity contribution in [3.05, 3.63) is 12.4 Å². The third kappa shape index (κ3) is 3.67. The average molecular weight is 426 g/mol. The van der Waals surface area contributed by atoms with Crippen LogP contribution in [-0.2, 0) is 4.74 Å². The lowest BCUT2D eigenvalue weighted by Crippen LogP contribution is -2.38. The number of hydrogen-bond donors (Lipinski definition) is 2. The summed E-state index contributed by atoms with van der Waals surface area (Å²) in [6, 6.07) is 0.00329. The number of morpholine rings is 1. The van der Waals surface area contributed by atoms with E-state index >= 15 is 0 Å². The lowest BCUT2D eigenvalue weighted by atomic mass is 10.1. The Morgan fingerprint density at radius 2 is 1.81 bits per heavy atom. The minimum Gasteiger partial charge on any atom is -0.465 e. The van der Waals surface area contributed by atoms with E-state index in [2.05, 4.69) is 25.2 Å². The van der Waals surface area contributed by atoms with Crippen molar-refractivity contribution in [3.63, 3.8) is 0 Å². The molecule has 13 heteroatoms. The molecule has 1 amide bonds. The van der Waals surface area contributed by atoms with Gasteiger partial charge in [-0.3, -0.25) is 0 Å². The maximum absolute atomic E-state index is 11.2. The Hall–Kier alpha value is -3.61. The largest absolute Gasteiger partial charge is 0.465 e. The summed E-state index contributed by atoms with van der Waals surface area (Å²) < 4.78 is 7.27. The van der Waals surface area contributed by atoms with Crippen LogP contribution in [-0.4, -0.2) is 90.4 Å². The lowest BCUT2D eigenvalue weighted by molar-refractivity contribution is 0.122. The highest BCUT2D eigenvalue weighted by molar-refractivity contribution is 5.85. The van der Waals surface area contributed by atoms with Crippen LogP contribution in [0.2, 0.25) is 0 Å². The number of piperidine rings is 1. The van der Waals surface area contributed by atoms with E-state index in [1.807, 2.05) is 0 Å². The average Bonchev–Trinajstić information content (AvgIpc) is 3.23. The number of nitrogens with two attached hydrogens (primary N) is 1. The van der Waals surface area contributed by atoms with Crippen LogP contribution in [0.5, 0.6) is 0 Å². The molecule has 13 nitrogen and oxygen atoms in total. The Bertz CT molecular complexity index is 1090. The van der Waals surface area contributed by atoms with Crippen LogP contribution in [0.4, 0.5) is 16.6 Å². The third-order valence-corrected chi connectivity index (χ3v) is 5.63. The van der Waals surface area contributed by atoms with E-state index in [9.17, 15) is 9.90 Å². The molecule has 0 aliphatic carbocycles. The van der Waals surface area contributed by atoms with Gasteiger partial charge in [0.1, 0.15) is 0 Å². The number of likely N-dealkylation sites (tertiary alicyclic amines) is 1. The zero-order valence-corrected chi connectivity index (χ0v) is 16.8. The van der Waals surface area contributed by atoms with Crippen LogP contribution in [0.3, 0.4) is 0 Å². The van der Waals surface area contributed by atoms with E-state index in [1.54, 1.807) is 17.1 Å². The van der Waals surface area contributed by atoms with Gasteiger partial charge in [-0.05, 0) is 12.8 Å². The Morgan fingerprint density at radius 1 is 1.10 bits per heavy atom. The van der Waals surface area contributed by atoms with Crippen molar-refractivity contribution in [2.75, 3.05) is 50.0 Å². The van der Waals surface area contributed by atoms with Gasteiger partial charge in [0.25, 0.3) is 0 Å². The molecule has 31 heavy (non-hydrogen) atoms. The number of carbonyl (C=O) groups is 1. The molecule has 2 fully saturated rings. The van der Waals surface area contributed by atoms with Crippen LogP contribution in [0.15, 0.2) is 12.4 Å². The molecule has 0 bridgehead atoms. The molecule has 0 radical (unpaired) electrons. The van der Waals surface area contributed by atoms with Crippen LogP contribution >= 0.6 is 0 Å². The number of rotatable bonds is 3. The lowest BCUT2D eigenvalue weighted by Gasteiger charge is -2.30. The highest BCUT2D eigenvalue weighted by Gasteiger charge is 2.28. The first kappa shape index (κ1) is 19.4. The summed E-state index contributed by atoms with van der Waals surface area (Å²) in [6.45, 7) is 3.48. The van der Waals surface area contributed by atoms with Crippen LogP contribution < -0.4 is 10.6 Å². The van der Waals surface area contributed by atoms with Crippen molar-refractivity contribution in [1.82, 2.24) is 39.8 Å². The van der Waals surface area contributed by atoms with Crippen LogP contribution in [0.25, 0.3) is 22.6 Å². The van der Waals surface area contributed by atoms with Gasteiger partial charge in [-0.2, -0.15) is 0 Å². The monoisotopic (exact) mass is 426 g/mol. The minimum absolute atomic E-state index is 0.00329. The number of hydrogen-bond acceptors (Lipinski definition) is 10. The van der Waals surface area contributed by atoms with Crippen molar-refractivity contribution in [3.8, 4) is 11.4 Å². The highest BCUT2D eigenvalue weighted by Crippen LogP contribution is 2.30. The van der Waals surface area contributed by atoms with E-state index in [-0.39, 0.29) is 12.0 Å². The first-order valence-electron chi connectivity index (χ1n) is 10.1. The molecule has 5 rings (SSSR count). The fourth-order valence-corrected chi connectivity index (χ4v) is 3.94. The predicted molar refractivity (Wildman–Crippen MR) is 109 cm³/mol. The normalized spacial score (nSPS) is 17.9. The van der Waals surface area contributed by atoms with Crippen LogP contribution in [0, 0.1) is 0 Å². The molecule has 0 aromatic carbocycles. The molecule has 0 atom stereocenters. The number of ether oxygens (including phenoxy) is 1. The molecule has 0 spiro atoms. The van der Waals surface area contributed by atoms with E-state index in [0.29, 0.717) is 80.6 Å². The Kier molecular flexibility index (Phi) is 4.94. The number of fused-ring (bicyclic) bond motifs is 1. The van der Waals surface area contributed by atoms with Crippen molar-refractivity contribution in [2.24, 2.45) is 0 Å². The molecular weight excluding hydrogens is 404 g/mol. The fraction of sp³-hybridized carbons (Fsp3) is 0.500. The topological polar surface area (TPSA) is 161 Å². The third-order valence-electron chi connectivity index (χ3n) is 5.63. The highest BCUT2D eigenvalue weighted by atomic mass is 16.5. The van der Waals surface area contributed by atoms with Gasteiger partial charge in [0, 0.05) is 38.6 Å². The molecule has 3 N–H and O–H groups in total. The maximum atomic E-state index is 11.2. The van der Waals surface area contributed by atoms with E-state index in [0.717, 1.165) is 0 Å². The van der Waals surface area contributed by atoms with E-state index < -0.39 is 6.09 Å². The summed E-state index contributed by atoms with van der Waals surface area (Å²) in [5.74, 6) is 1.32. The second kappa shape index (κ2) is 7.91. The quantitative estimate of drug-likeness (QED) is 0.596. The van der Waals surface area contributed by atoms with Gasteiger partial charge in [-0.1, -0.05) is 5.21 Å². The molecule has 2 aliphatic rings. The molecule has 2 saturated heterocycles. The number of anilines is 2. The molecule has 162 valence electrons. The summed E-state index contributed by atoms with van der Waals surface area (Å²) in [6.07, 6.45) is 3.56. The summed E-state index contributed by atoms with van der Waals surface area (Å²) in [7, 11) is 0. The zero-order chi connectivity index (χ0) is 21.4. The Morgan fingerprint density at radius 3 is 2.48 bits per heavy atom. The second-order valence-electron chi connectivity index (χ2n) is 7.51. The van der Waals surface area contributed by atoms with Gasteiger partial charge in [-0.25, -0.2) is 29.4 Å². The van der Waals surface area contributed by atoms with Crippen molar-refractivity contribution >= 4 is 29.0 Å². The van der Waals surface area contributed by atoms with Crippen molar-refractivity contribution in [2.45, 2.75) is 18.9 Å². The standard InChI is InChI=1S/C18H22N10O3/c19-17-20-9-11(10-21-17)14-22-15(26-5-7-31-8-6-26)13-16(23-14)28(25-24-13)12-1-3-27(4-2-12)18(29)30/h9-10,12H,1-8H2,(H,29,30)(H2,19,20,21). The van der Waals surface area contributed by atoms with E-state index in [4.69, 9.17) is 20.4 Å². The van der Waals surface area contributed by atoms with Gasteiger partial charge in [0.2, 0.25) is 5.95 Å². The molecule has 2 aliphatic heterocycles. The van der Waals surface area contributed by atoms with Gasteiger partial charge < -0.3 is 25.4 Å². The molecule has 3 aromatic heterocycles. The van der Waals surface area contributed by atoms with Crippen molar-refractivity contribution < 1.29 is 14.6 Å². The SMILES string of the molecule is Nc1ncc(-c2nc(N3CCOCC3)c3nnn(C4CCN(C(=O)O)CC4)c3n2)cn1.